The van der Waals surface area contributed by atoms with Crippen LogP contribution in [0.15, 0.2) is 86.2 Å². The molecular weight excluding hydrogens is 658 g/mol. The van der Waals surface area contributed by atoms with Crippen molar-refractivity contribution in [3.05, 3.63) is 133 Å². The van der Waals surface area contributed by atoms with E-state index in [4.69, 9.17) is 21.1 Å². The smallest absolute Gasteiger partial charge is 0.338 e. The van der Waals surface area contributed by atoms with Gasteiger partial charge in [0.1, 0.15) is 6.61 Å². The number of non-ortho nitro benzene ring substituents is 1. The zero-order chi connectivity index (χ0) is 30.8. The monoisotopic (exact) mass is 681 g/mol. The topological polar surface area (TPSA) is 113 Å². The van der Waals surface area contributed by atoms with E-state index in [9.17, 15) is 19.7 Å². The first-order chi connectivity index (χ1) is 20.6. The molecular formula is C31H25BrClN3O6S. The van der Waals surface area contributed by atoms with Crippen molar-refractivity contribution >= 4 is 56.6 Å². The summed E-state index contributed by atoms with van der Waals surface area (Å²) in [4.78, 5) is 42.4. The second kappa shape index (κ2) is 12.7. The number of nitro benzene ring substituents is 1. The Morgan fingerprint density at radius 3 is 2.49 bits per heavy atom. The number of ether oxygens (including phenoxy) is 2. The number of thiazole rings is 1. The van der Waals surface area contributed by atoms with Crippen LogP contribution >= 0.6 is 38.9 Å². The fourth-order valence-corrected chi connectivity index (χ4v) is 6.71. The van der Waals surface area contributed by atoms with Gasteiger partial charge in [0.25, 0.3) is 11.2 Å². The number of aryl methyl sites for hydroxylation is 1. The number of benzene rings is 3. The second-order valence-corrected chi connectivity index (χ2v) is 12.0. The number of nitro groups is 1. The van der Waals surface area contributed by atoms with Crippen molar-refractivity contribution in [3.63, 3.8) is 0 Å². The molecule has 1 aliphatic heterocycles. The molecule has 0 bridgehead atoms. The van der Waals surface area contributed by atoms with E-state index in [1.165, 1.54) is 23.5 Å². The number of hydrogen-bond donors (Lipinski definition) is 0. The predicted molar refractivity (Wildman–Crippen MR) is 168 cm³/mol. The van der Waals surface area contributed by atoms with Crippen molar-refractivity contribution < 1.29 is 19.2 Å². The molecule has 0 fully saturated rings. The van der Waals surface area contributed by atoms with E-state index in [0.717, 1.165) is 16.7 Å². The number of esters is 1. The molecule has 1 aliphatic rings. The summed E-state index contributed by atoms with van der Waals surface area (Å²) in [6.45, 7) is 5.80. The molecule has 0 radical (unpaired) electrons. The number of halogens is 2. The molecule has 220 valence electrons. The summed E-state index contributed by atoms with van der Waals surface area (Å²) in [6, 6.07) is 16.5. The molecule has 0 spiro atoms. The highest BCUT2D eigenvalue weighted by Gasteiger charge is 2.33. The second-order valence-electron chi connectivity index (χ2n) is 9.74. The first-order valence-corrected chi connectivity index (χ1v) is 15.2. The van der Waals surface area contributed by atoms with Gasteiger partial charge in [0.2, 0.25) is 0 Å². The summed E-state index contributed by atoms with van der Waals surface area (Å²) in [6.07, 6.45) is 1.72. The summed E-state index contributed by atoms with van der Waals surface area (Å²) < 4.78 is 13.8. The Labute approximate surface area is 263 Å². The lowest BCUT2D eigenvalue weighted by Gasteiger charge is -2.24. The van der Waals surface area contributed by atoms with Gasteiger partial charge in [-0.1, -0.05) is 52.8 Å². The molecule has 0 saturated heterocycles. The van der Waals surface area contributed by atoms with E-state index >= 15 is 0 Å². The van der Waals surface area contributed by atoms with Gasteiger partial charge >= 0.3 is 5.97 Å². The van der Waals surface area contributed by atoms with E-state index in [0.29, 0.717) is 41.4 Å². The maximum atomic E-state index is 13.9. The largest absolute Gasteiger partial charge is 0.486 e. The van der Waals surface area contributed by atoms with Crippen LogP contribution in [0, 0.1) is 17.0 Å². The van der Waals surface area contributed by atoms with Crippen LogP contribution in [0.1, 0.15) is 42.1 Å². The molecule has 0 amide bonds. The Balaban J connectivity index is 1.51. The Bertz CT molecular complexity index is 1930. The average molecular weight is 683 g/mol. The molecule has 4 aromatic rings. The number of aromatic nitrogens is 1. The first kappa shape index (κ1) is 30.4. The zero-order valence-corrected chi connectivity index (χ0v) is 26.5. The maximum Gasteiger partial charge on any atom is 0.338 e. The van der Waals surface area contributed by atoms with E-state index in [-0.39, 0.29) is 24.5 Å². The summed E-state index contributed by atoms with van der Waals surface area (Å²) in [5.74, 6) is -0.115. The third-order valence-corrected chi connectivity index (χ3v) is 8.61. The number of hydrogen-bond acceptors (Lipinski definition) is 8. The average Bonchev–Trinajstić information content (AvgIpc) is 3.26. The van der Waals surface area contributed by atoms with Crippen molar-refractivity contribution in [1.29, 1.82) is 0 Å². The number of fused-ring (bicyclic) bond motifs is 1. The van der Waals surface area contributed by atoms with E-state index in [2.05, 4.69) is 20.9 Å². The van der Waals surface area contributed by atoms with Gasteiger partial charge in [-0.3, -0.25) is 19.5 Å². The molecule has 43 heavy (non-hydrogen) atoms. The predicted octanol–water partition coefficient (Wildman–Crippen LogP) is 6.01. The molecule has 0 aliphatic carbocycles. The van der Waals surface area contributed by atoms with Gasteiger partial charge in [-0.2, -0.15) is 0 Å². The van der Waals surface area contributed by atoms with Crippen LogP contribution in [0.5, 0.6) is 5.75 Å². The van der Waals surface area contributed by atoms with E-state index in [1.54, 1.807) is 48.8 Å². The molecule has 12 heteroatoms. The van der Waals surface area contributed by atoms with Crippen molar-refractivity contribution in [2.75, 3.05) is 6.61 Å². The summed E-state index contributed by atoms with van der Waals surface area (Å²) in [7, 11) is 0. The summed E-state index contributed by atoms with van der Waals surface area (Å²) in [5, 5.41) is 11.2. The molecule has 9 nitrogen and oxygen atoms in total. The number of nitrogens with zero attached hydrogens (tertiary/aromatic N) is 3. The Morgan fingerprint density at radius 1 is 1.16 bits per heavy atom. The van der Waals surface area contributed by atoms with Crippen LogP contribution in [-0.2, 0) is 16.1 Å². The third kappa shape index (κ3) is 6.34. The van der Waals surface area contributed by atoms with Crippen LogP contribution in [-0.4, -0.2) is 22.1 Å². The van der Waals surface area contributed by atoms with Crippen LogP contribution in [0.25, 0.3) is 6.08 Å². The van der Waals surface area contributed by atoms with Crippen molar-refractivity contribution in [1.82, 2.24) is 4.57 Å². The molecule has 1 atom stereocenters. The highest BCUT2D eigenvalue weighted by molar-refractivity contribution is 9.10. The quantitative estimate of drug-likeness (QED) is 0.128. The van der Waals surface area contributed by atoms with E-state index in [1.807, 2.05) is 31.2 Å². The fourth-order valence-electron chi connectivity index (χ4n) is 4.68. The Hall–Kier alpha value is -4.06. The van der Waals surface area contributed by atoms with Gasteiger partial charge in [0, 0.05) is 12.1 Å². The molecule has 2 heterocycles. The number of carbonyl (C=O) groups is 1. The molecule has 3 aromatic carbocycles. The highest BCUT2D eigenvalue weighted by atomic mass is 79.9. The SMILES string of the molecule is CCOC(=O)C1=C(C)N=c2s/c(=C/c3cc(Cl)c(OCc4ccc([N+](=O)[O-])cc4)c(Br)c3)c(=O)n2[C@@H]1c1ccc(C)cc1. The minimum Gasteiger partial charge on any atom is -0.486 e. The van der Waals surface area contributed by atoms with Crippen molar-refractivity contribution in [3.8, 4) is 5.75 Å². The van der Waals surface area contributed by atoms with E-state index < -0.39 is 16.9 Å². The highest BCUT2D eigenvalue weighted by Crippen LogP contribution is 2.36. The summed E-state index contributed by atoms with van der Waals surface area (Å²) >= 11 is 11.3. The first-order valence-electron chi connectivity index (χ1n) is 13.2. The number of allylic oxidation sites excluding steroid dienone is 1. The lowest BCUT2D eigenvalue weighted by Crippen LogP contribution is -2.39. The Kier molecular flexibility index (Phi) is 8.95. The lowest BCUT2D eigenvalue weighted by atomic mass is 9.95. The van der Waals surface area contributed by atoms with Gasteiger partial charge in [-0.15, -0.1) is 0 Å². The van der Waals surface area contributed by atoms with Gasteiger partial charge in [-0.05, 0) is 83.7 Å². The minimum atomic E-state index is -0.691. The van der Waals surface area contributed by atoms with Crippen LogP contribution in [0.2, 0.25) is 5.02 Å². The fraction of sp³-hybridized carbons (Fsp3) is 0.194. The van der Waals surface area contributed by atoms with Gasteiger partial charge in [-0.25, -0.2) is 9.79 Å². The lowest BCUT2D eigenvalue weighted by molar-refractivity contribution is -0.384. The minimum absolute atomic E-state index is 0.00457. The maximum absolute atomic E-state index is 13.9. The van der Waals surface area contributed by atoms with Crippen LogP contribution < -0.4 is 19.6 Å². The Morgan fingerprint density at radius 2 is 1.86 bits per heavy atom. The zero-order valence-electron chi connectivity index (χ0n) is 23.3. The standard InChI is InChI=1S/C31H25BrClN3O6S/c1-4-41-30(38)26-18(3)34-31-35(27(26)21-9-5-17(2)6-10-21)29(37)25(43-31)15-20-13-23(32)28(24(33)14-20)42-16-19-7-11-22(12-8-19)36(39)40/h5-15,27H,4,16H2,1-3H3/b25-15+/t27-/m1/s1. The van der Waals surface area contributed by atoms with Crippen molar-refractivity contribution in [2.45, 2.75) is 33.4 Å². The van der Waals surface area contributed by atoms with Gasteiger partial charge in [0.05, 0.1) is 42.9 Å². The normalized spacial score (nSPS) is 14.7. The van der Waals surface area contributed by atoms with Gasteiger partial charge < -0.3 is 9.47 Å². The third-order valence-electron chi connectivity index (χ3n) is 6.76. The summed E-state index contributed by atoms with van der Waals surface area (Å²) in [5.41, 5.74) is 3.73. The number of rotatable bonds is 8. The van der Waals surface area contributed by atoms with Crippen LogP contribution in [0.4, 0.5) is 5.69 Å². The molecule has 0 unspecified atom stereocenters. The molecule has 1 aromatic heterocycles. The van der Waals surface area contributed by atoms with Crippen molar-refractivity contribution in [2.24, 2.45) is 4.99 Å². The molecule has 0 saturated carbocycles. The molecule has 0 N–H and O–H groups in total. The van der Waals surface area contributed by atoms with Gasteiger partial charge in [0.15, 0.2) is 10.6 Å². The number of carbonyl (C=O) groups excluding carboxylic acids is 1. The molecule has 5 rings (SSSR count). The van der Waals surface area contributed by atoms with Crippen LogP contribution in [0.3, 0.4) is 0 Å².